The van der Waals surface area contributed by atoms with Crippen molar-refractivity contribution in [1.82, 2.24) is 4.90 Å². The maximum atomic E-state index is 5.86. The molecule has 0 aromatic heterocycles. The fraction of sp³-hybridized carbons (Fsp3) is 1.00. The Morgan fingerprint density at radius 2 is 2.27 bits per heavy atom. The molecule has 0 amide bonds. The van der Waals surface area contributed by atoms with Crippen LogP contribution in [0.5, 0.6) is 0 Å². The summed E-state index contributed by atoms with van der Waals surface area (Å²) in [7, 11) is 0. The quantitative estimate of drug-likeness (QED) is 0.648. The van der Waals surface area contributed by atoms with Crippen LogP contribution >= 0.6 is 0 Å². The molecule has 66 valence electrons. The highest BCUT2D eigenvalue weighted by molar-refractivity contribution is 4.75. The summed E-state index contributed by atoms with van der Waals surface area (Å²) in [6, 6.07) is 0.433. The van der Waals surface area contributed by atoms with E-state index in [9.17, 15) is 0 Å². The highest BCUT2D eigenvalue weighted by atomic mass is 15.1. The summed E-state index contributed by atoms with van der Waals surface area (Å²) in [4.78, 5) is 2.48. The molecule has 2 N–H and O–H groups in total. The topological polar surface area (TPSA) is 29.3 Å². The van der Waals surface area contributed by atoms with Crippen LogP contribution in [0.15, 0.2) is 0 Å². The largest absolute Gasteiger partial charge is 0.327 e. The van der Waals surface area contributed by atoms with Gasteiger partial charge in [-0.05, 0) is 25.3 Å². The number of hydrogen-bond acceptors (Lipinski definition) is 2. The van der Waals surface area contributed by atoms with E-state index in [4.69, 9.17) is 5.73 Å². The molecule has 1 heterocycles. The molecule has 2 heteroatoms. The van der Waals surface area contributed by atoms with E-state index in [0.717, 1.165) is 12.5 Å². The first kappa shape index (κ1) is 9.01. The molecule has 1 aliphatic heterocycles. The van der Waals surface area contributed by atoms with Crippen LogP contribution in [-0.4, -0.2) is 30.6 Å². The molecule has 2 nitrogen and oxygen atoms in total. The fourth-order valence-electron chi connectivity index (χ4n) is 1.77. The summed E-state index contributed by atoms with van der Waals surface area (Å²) in [6.45, 7) is 8.11. The van der Waals surface area contributed by atoms with E-state index in [1.807, 2.05) is 0 Å². The molecule has 1 aliphatic rings. The van der Waals surface area contributed by atoms with E-state index < -0.39 is 0 Å². The van der Waals surface area contributed by atoms with Crippen LogP contribution in [-0.2, 0) is 0 Å². The van der Waals surface area contributed by atoms with E-state index in [-0.39, 0.29) is 0 Å². The van der Waals surface area contributed by atoms with Crippen LogP contribution in [0.2, 0.25) is 0 Å². The van der Waals surface area contributed by atoms with E-state index in [2.05, 4.69) is 18.7 Å². The summed E-state index contributed by atoms with van der Waals surface area (Å²) in [5, 5.41) is 0. The number of nitrogens with zero attached hydrogens (tertiary/aromatic N) is 1. The number of nitrogens with two attached hydrogens (primary N) is 1. The molecule has 0 radical (unpaired) electrons. The molecule has 0 aliphatic carbocycles. The van der Waals surface area contributed by atoms with Gasteiger partial charge >= 0.3 is 0 Å². The number of piperidine rings is 1. The summed E-state index contributed by atoms with van der Waals surface area (Å²) in [5.74, 6) is 0.778. The predicted octanol–water partition coefficient (Wildman–Crippen LogP) is 1.07. The third kappa shape index (κ3) is 3.21. The third-order valence-electron chi connectivity index (χ3n) is 2.17. The zero-order valence-electron chi connectivity index (χ0n) is 7.71. The van der Waals surface area contributed by atoms with E-state index in [0.29, 0.717) is 6.04 Å². The van der Waals surface area contributed by atoms with Crippen molar-refractivity contribution in [3.05, 3.63) is 0 Å². The lowest BCUT2D eigenvalue weighted by atomic mass is 10.1. The summed E-state index contributed by atoms with van der Waals surface area (Å²) >= 11 is 0. The second-order valence-corrected chi connectivity index (χ2v) is 4.06. The van der Waals surface area contributed by atoms with Crippen molar-refractivity contribution in [2.75, 3.05) is 19.6 Å². The zero-order valence-corrected chi connectivity index (χ0v) is 7.71. The molecule has 1 fully saturated rings. The van der Waals surface area contributed by atoms with Crippen molar-refractivity contribution in [1.29, 1.82) is 0 Å². The van der Waals surface area contributed by atoms with Crippen molar-refractivity contribution in [2.24, 2.45) is 11.7 Å². The molecule has 11 heavy (non-hydrogen) atoms. The van der Waals surface area contributed by atoms with Crippen molar-refractivity contribution < 1.29 is 0 Å². The second kappa shape index (κ2) is 4.07. The van der Waals surface area contributed by atoms with Gasteiger partial charge in [-0.3, -0.25) is 0 Å². The molecule has 1 atom stereocenters. The van der Waals surface area contributed by atoms with Gasteiger partial charge in [0.25, 0.3) is 0 Å². The monoisotopic (exact) mass is 156 g/mol. The van der Waals surface area contributed by atoms with Crippen molar-refractivity contribution in [2.45, 2.75) is 32.7 Å². The average Bonchev–Trinajstić information content (AvgIpc) is 1.85. The highest BCUT2D eigenvalue weighted by Gasteiger charge is 2.16. The van der Waals surface area contributed by atoms with Crippen LogP contribution < -0.4 is 5.73 Å². The SMILES string of the molecule is CC(C)CN1CCCC(N)C1. The summed E-state index contributed by atoms with van der Waals surface area (Å²) in [5.41, 5.74) is 5.86. The van der Waals surface area contributed by atoms with Gasteiger partial charge in [-0.25, -0.2) is 0 Å². The molecular weight excluding hydrogens is 136 g/mol. The molecule has 0 spiro atoms. The first-order valence-electron chi connectivity index (χ1n) is 4.66. The molecule has 1 unspecified atom stereocenters. The maximum Gasteiger partial charge on any atom is 0.0168 e. The molecule has 0 saturated carbocycles. The van der Waals surface area contributed by atoms with Crippen molar-refractivity contribution in [3.8, 4) is 0 Å². The van der Waals surface area contributed by atoms with Gasteiger partial charge in [0.1, 0.15) is 0 Å². The maximum absolute atomic E-state index is 5.86. The number of likely N-dealkylation sites (tertiary alicyclic amines) is 1. The van der Waals surface area contributed by atoms with Crippen molar-refractivity contribution in [3.63, 3.8) is 0 Å². The van der Waals surface area contributed by atoms with Gasteiger partial charge in [0, 0.05) is 19.1 Å². The Labute approximate surface area is 69.8 Å². The average molecular weight is 156 g/mol. The van der Waals surface area contributed by atoms with Crippen molar-refractivity contribution >= 4 is 0 Å². The molecule has 0 aromatic rings. The predicted molar refractivity (Wildman–Crippen MR) is 48.5 cm³/mol. The minimum absolute atomic E-state index is 0.433. The van der Waals surface area contributed by atoms with Gasteiger partial charge in [0.2, 0.25) is 0 Å². The standard InChI is InChI=1S/C9H20N2/c1-8(2)6-11-5-3-4-9(10)7-11/h8-9H,3-7,10H2,1-2H3. The summed E-state index contributed by atoms with van der Waals surface area (Å²) in [6.07, 6.45) is 2.50. The Morgan fingerprint density at radius 3 is 2.82 bits per heavy atom. The lowest BCUT2D eigenvalue weighted by Gasteiger charge is -2.31. The van der Waals surface area contributed by atoms with E-state index >= 15 is 0 Å². The van der Waals surface area contributed by atoms with Crippen LogP contribution in [0.25, 0.3) is 0 Å². The van der Waals surface area contributed by atoms with Gasteiger partial charge in [0.05, 0.1) is 0 Å². The smallest absolute Gasteiger partial charge is 0.0168 e. The third-order valence-corrected chi connectivity index (χ3v) is 2.17. The Hall–Kier alpha value is -0.0800. The van der Waals surface area contributed by atoms with E-state index in [1.54, 1.807) is 0 Å². The van der Waals surface area contributed by atoms with E-state index in [1.165, 1.54) is 25.9 Å². The zero-order chi connectivity index (χ0) is 8.27. The number of hydrogen-bond donors (Lipinski definition) is 1. The normalized spacial score (nSPS) is 27.8. The molecule has 0 bridgehead atoms. The highest BCUT2D eigenvalue weighted by Crippen LogP contribution is 2.09. The van der Waals surface area contributed by atoms with Gasteiger partial charge in [-0.15, -0.1) is 0 Å². The van der Waals surface area contributed by atoms with Crippen LogP contribution in [0.3, 0.4) is 0 Å². The molecule has 1 saturated heterocycles. The van der Waals surface area contributed by atoms with Crippen LogP contribution in [0.1, 0.15) is 26.7 Å². The van der Waals surface area contributed by atoms with Gasteiger partial charge in [-0.2, -0.15) is 0 Å². The molecule has 1 rings (SSSR count). The van der Waals surface area contributed by atoms with Gasteiger partial charge in [-0.1, -0.05) is 13.8 Å². The minimum atomic E-state index is 0.433. The second-order valence-electron chi connectivity index (χ2n) is 4.06. The lowest BCUT2D eigenvalue weighted by Crippen LogP contribution is -2.44. The van der Waals surface area contributed by atoms with Crippen LogP contribution in [0.4, 0.5) is 0 Å². The minimum Gasteiger partial charge on any atom is -0.327 e. The molecular formula is C9H20N2. The van der Waals surface area contributed by atoms with Crippen LogP contribution in [0, 0.1) is 5.92 Å². The Morgan fingerprint density at radius 1 is 1.55 bits per heavy atom. The Bertz CT molecular complexity index is 110. The number of rotatable bonds is 2. The van der Waals surface area contributed by atoms with Gasteiger partial charge in [0.15, 0.2) is 0 Å². The Kier molecular flexibility index (Phi) is 3.34. The lowest BCUT2D eigenvalue weighted by molar-refractivity contribution is 0.189. The fourth-order valence-corrected chi connectivity index (χ4v) is 1.77. The Balaban J connectivity index is 2.23. The first-order chi connectivity index (χ1) is 5.18. The molecule has 0 aromatic carbocycles. The van der Waals surface area contributed by atoms with Gasteiger partial charge < -0.3 is 10.6 Å². The first-order valence-corrected chi connectivity index (χ1v) is 4.66. The summed E-state index contributed by atoms with van der Waals surface area (Å²) < 4.78 is 0.